The summed E-state index contributed by atoms with van der Waals surface area (Å²) in [5, 5.41) is 11.9. The van der Waals surface area contributed by atoms with Crippen LogP contribution >= 0.6 is 0 Å². The minimum absolute atomic E-state index is 0.0643. The Labute approximate surface area is 350 Å². The first-order valence-electron chi connectivity index (χ1n) is 23.6. The molecular weight excluding hydrogens is 709 g/mol. The number of amides is 1. The third-order valence-electron chi connectivity index (χ3n) is 10.3. The maximum atomic E-state index is 12.8. The van der Waals surface area contributed by atoms with Crippen LogP contribution in [0.3, 0.4) is 0 Å². The van der Waals surface area contributed by atoms with Gasteiger partial charge in [0.15, 0.2) is 0 Å². The number of esters is 1. The Bertz CT molecular complexity index is 1080. The van der Waals surface area contributed by atoms with Crippen molar-refractivity contribution in [3.63, 3.8) is 0 Å². The molecular formula is C50H88N2O5. The lowest BCUT2D eigenvalue weighted by Gasteiger charge is -2.17. The molecule has 0 aromatic heterocycles. The van der Waals surface area contributed by atoms with Gasteiger partial charge in [0.1, 0.15) is 12.1 Å². The van der Waals surface area contributed by atoms with Crippen molar-refractivity contribution in [3.05, 3.63) is 60.8 Å². The summed E-state index contributed by atoms with van der Waals surface area (Å²) in [5.41, 5.74) is 5.49. The standard InChI is InChI=1S/C50H88N2O5/c1-3-5-7-9-11-13-15-17-18-19-20-21-23-25-27-29-34-38-44-49(54)57-46(40-35-31-28-26-24-22-16-14-12-10-8-6-4-2)41-36-32-30-33-37-43-48(53)52-47(50(55)56)42-39-45-51/h6,8,12,14,18-19,22,24,28,31,46-47H,3-5,7,9-11,13,15-17,20-21,23,25-27,29-30,32-45,51H2,1-2H3,(H,52,53)(H,55,56)/b8-6-,14-12-,19-18-,24-22-,31-28-. The molecule has 0 fully saturated rings. The quantitative estimate of drug-likeness (QED) is 0.0321. The van der Waals surface area contributed by atoms with Crippen molar-refractivity contribution in [2.75, 3.05) is 6.54 Å². The minimum Gasteiger partial charge on any atom is -0.480 e. The molecule has 0 heterocycles. The van der Waals surface area contributed by atoms with E-state index in [0.717, 1.165) is 89.9 Å². The molecule has 0 radical (unpaired) electrons. The van der Waals surface area contributed by atoms with Crippen molar-refractivity contribution in [2.24, 2.45) is 5.73 Å². The molecule has 0 spiro atoms. The number of aliphatic carboxylic acids is 1. The Morgan fingerprint density at radius 1 is 0.526 bits per heavy atom. The van der Waals surface area contributed by atoms with E-state index in [1.165, 1.54) is 89.9 Å². The van der Waals surface area contributed by atoms with Gasteiger partial charge in [-0.25, -0.2) is 4.79 Å². The van der Waals surface area contributed by atoms with Gasteiger partial charge in [-0.15, -0.1) is 0 Å². The van der Waals surface area contributed by atoms with Crippen LogP contribution in [-0.4, -0.2) is 41.6 Å². The molecule has 0 saturated heterocycles. The summed E-state index contributed by atoms with van der Waals surface area (Å²) in [7, 11) is 0. The predicted octanol–water partition coefficient (Wildman–Crippen LogP) is 13.7. The van der Waals surface area contributed by atoms with E-state index in [1.807, 2.05) is 0 Å². The van der Waals surface area contributed by atoms with Gasteiger partial charge in [0.2, 0.25) is 5.91 Å². The molecule has 0 rings (SSSR count). The second-order valence-electron chi connectivity index (χ2n) is 15.8. The molecule has 7 nitrogen and oxygen atoms in total. The fourth-order valence-electron chi connectivity index (χ4n) is 6.79. The van der Waals surface area contributed by atoms with Crippen LogP contribution in [0, 0.1) is 0 Å². The molecule has 328 valence electrons. The van der Waals surface area contributed by atoms with Crippen LogP contribution < -0.4 is 11.1 Å². The number of carbonyl (C=O) groups excluding carboxylic acids is 2. The molecule has 2 unspecified atom stereocenters. The first kappa shape index (κ1) is 54.1. The average molecular weight is 797 g/mol. The van der Waals surface area contributed by atoms with Crippen molar-refractivity contribution in [2.45, 2.75) is 231 Å². The zero-order chi connectivity index (χ0) is 41.7. The van der Waals surface area contributed by atoms with E-state index in [1.54, 1.807) is 0 Å². The number of hydrogen-bond acceptors (Lipinski definition) is 5. The number of allylic oxidation sites excluding steroid dienone is 10. The Hall–Kier alpha value is -2.93. The second kappa shape index (κ2) is 44.2. The number of hydrogen-bond donors (Lipinski definition) is 3. The molecule has 0 aromatic carbocycles. The summed E-state index contributed by atoms with van der Waals surface area (Å²) >= 11 is 0. The molecule has 2 atom stereocenters. The number of rotatable bonds is 42. The molecule has 0 bridgehead atoms. The molecule has 0 aromatic rings. The van der Waals surface area contributed by atoms with Gasteiger partial charge in [0.25, 0.3) is 0 Å². The lowest BCUT2D eigenvalue weighted by Crippen LogP contribution is -2.40. The molecule has 0 saturated carbocycles. The molecule has 1 amide bonds. The second-order valence-corrected chi connectivity index (χ2v) is 15.8. The molecule has 57 heavy (non-hydrogen) atoms. The lowest BCUT2D eigenvalue weighted by molar-refractivity contribution is -0.150. The normalized spacial score (nSPS) is 13.2. The molecule has 4 N–H and O–H groups in total. The number of nitrogens with two attached hydrogens (primary N) is 1. The minimum atomic E-state index is -1.01. The highest BCUT2D eigenvalue weighted by Gasteiger charge is 2.19. The van der Waals surface area contributed by atoms with Gasteiger partial charge >= 0.3 is 11.9 Å². The number of unbranched alkanes of at least 4 members (excludes halogenated alkanes) is 18. The largest absolute Gasteiger partial charge is 0.480 e. The molecule has 0 aliphatic heterocycles. The van der Waals surface area contributed by atoms with E-state index >= 15 is 0 Å². The maximum Gasteiger partial charge on any atom is 0.326 e. The van der Waals surface area contributed by atoms with Gasteiger partial charge in [-0.3, -0.25) is 9.59 Å². The summed E-state index contributed by atoms with van der Waals surface area (Å²) in [6.07, 6.45) is 55.6. The zero-order valence-electron chi connectivity index (χ0n) is 36.9. The first-order chi connectivity index (χ1) is 27.9. The average Bonchev–Trinajstić information content (AvgIpc) is 3.20. The number of nitrogens with one attached hydrogen (secondary N) is 1. The highest BCUT2D eigenvalue weighted by Crippen LogP contribution is 2.17. The van der Waals surface area contributed by atoms with Crippen molar-refractivity contribution < 1.29 is 24.2 Å². The van der Waals surface area contributed by atoms with Crippen LogP contribution in [0.4, 0.5) is 0 Å². The predicted molar refractivity (Wildman–Crippen MR) is 243 cm³/mol. The van der Waals surface area contributed by atoms with Gasteiger partial charge in [0, 0.05) is 12.8 Å². The van der Waals surface area contributed by atoms with Crippen LogP contribution in [0.2, 0.25) is 0 Å². The fraction of sp³-hybridized carbons (Fsp3) is 0.740. The Balaban J connectivity index is 4.39. The third kappa shape index (κ3) is 41.0. The van der Waals surface area contributed by atoms with Crippen LogP contribution in [-0.2, 0) is 19.1 Å². The maximum absolute atomic E-state index is 12.8. The number of carboxylic acid groups (broad SMARTS) is 1. The van der Waals surface area contributed by atoms with Crippen LogP contribution in [0.15, 0.2) is 60.8 Å². The Morgan fingerprint density at radius 2 is 1.00 bits per heavy atom. The Kier molecular flexibility index (Phi) is 41.9. The highest BCUT2D eigenvalue weighted by atomic mass is 16.5. The molecule has 0 aliphatic carbocycles. The monoisotopic (exact) mass is 797 g/mol. The van der Waals surface area contributed by atoms with Crippen LogP contribution in [0.1, 0.15) is 219 Å². The van der Waals surface area contributed by atoms with Gasteiger partial charge in [-0.05, 0) is 109 Å². The van der Waals surface area contributed by atoms with Crippen molar-refractivity contribution in [3.8, 4) is 0 Å². The summed E-state index contributed by atoms with van der Waals surface area (Å²) in [4.78, 5) is 36.4. The lowest BCUT2D eigenvalue weighted by atomic mass is 10.0. The van der Waals surface area contributed by atoms with Crippen molar-refractivity contribution >= 4 is 17.8 Å². The van der Waals surface area contributed by atoms with E-state index in [2.05, 4.69) is 79.9 Å². The van der Waals surface area contributed by atoms with E-state index in [-0.39, 0.29) is 18.0 Å². The topological polar surface area (TPSA) is 119 Å². The van der Waals surface area contributed by atoms with Gasteiger partial charge in [-0.2, -0.15) is 0 Å². The zero-order valence-corrected chi connectivity index (χ0v) is 36.9. The fourth-order valence-corrected chi connectivity index (χ4v) is 6.79. The summed E-state index contributed by atoms with van der Waals surface area (Å²) in [5.74, 6) is -1.29. The van der Waals surface area contributed by atoms with E-state index in [0.29, 0.717) is 32.2 Å². The highest BCUT2D eigenvalue weighted by molar-refractivity contribution is 5.83. The van der Waals surface area contributed by atoms with Crippen LogP contribution in [0.25, 0.3) is 0 Å². The summed E-state index contributed by atoms with van der Waals surface area (Å²) < 4.78 is 6.02. The molecule has 7 heteroatoms. The van der Waals surface area contributed by atoms with Gasteiger partial charge in [-0.1, -0.05) is 164 Å². The van der Waals surface area contributed by atoms with Gasteiger partial charge in [0.05, 0.1) is 0 Å². The number of carbonyl (C=O) groups is 3. The Morgan fingerprint density at radius 3 is 1.54 bits per heavy atom. The SMILES string of the molecule is CC/C=C\C/C=C\C/C=C\C/C=C\CCC(CCCCCCCC(=O)NC(CCCN)C(=O)O)OC(=O)CCCCCCCCC/C=C\CCCCCCCCC. The van der Waals surface area contributed by atoms with Crippen molar-refractivity contribution in [1.29, 1.82) is 0 Å². The van der Waals surface area contributed by atoms with E-state index < -0.39 is 12.0 Å². The van der Waals surface area contributed by atoms with E-state index in [9.17, 15) is 19.5 Å². The summed E-state index contributed by atoms with van der Waals surface area (Å²) in [6.45, 7) is 4.83. The molecule has 0 aliphatic rings. The van der Waals surface area contributed by atoms with Crippen LogP contribution in [0.5, 0.6) is 0 Å². The van der Waals surface area contributed by atoms with Crippen molar-refractivity contribution in [1.82, 2.24) is 5.32 Å². The van der Waals surface area contributed by atoms with E-state index in [4.69, 9.17) is 10.5 Å². The van der Waals surface area contributed by atoms with Gasteiger partial charge < -0.3 is 20.9 Å². The number of ether oxygens (including phenoxy) is 1. The third-order valence-corrected chi connectivity index (χ3v) is 10.3. The smallest absolute Gasteiger partial charge is 0.326 e. The summed E-state index contributed by atoms with van der Waals surface area (Å²) in [6, 6.07) is -0.866. The first-order valence-corrected chi connectivity index (χ1v) is 23.6. The number of carboxylic acids is 1.